The average molecular weight is 319 g/mol. The molecular weight excluding hydrogens is 286 g/mol. The maximum Gasteiger partial charge on any atom is 0.261 e. The molecule has 0 aliphatic carbocycles. The lowest BCUT2D eigenvalue weighted by Gasteiger charge is -2.21. The molecule has 1 rings (SSSR count). The highest BCUT2D eigenvalue weighted by Gasteiger charge is 2.20. The molecule has 0 bridgehead atoms. The number of nitrogens with one attached hydrogen (secondary N) is 1. The Morgan fingerprint density at radius 3 is 2.52 bits per heavy atom. The molecule has 1 unspecified atom stereocenters. The number of rotatable bonds is 10. The summed E-state index contributed by atoms with van der Waals surface area (Å²) in [6.45, 7) is 11.2. The Morgan fingerprint density at radius 1 is 1.17 bits per heavy atom. The summed E-state index contributed by atoms with van der Waals surface area (Å²) in [5, 5.41) is 3.01. The molecule has 0 radical (unpaired) electrons. The van der Waals surface area contributed by atoms with Crippen molar-refractivity contribution in [3.63, 3.8) is 0 Å². The second-order valence-corrected chi connectivity index (χ2v) is 6.86. The van der Waals surface area contributed by atoms with Crippen molar-refractivity contribution in [1.29, 1.82) is 0 Å². The first-order valence-electron chi connectivity index (χ1n) is 8.95. The van der Waals surface area contributed by atoms with E-state index in [1.165, 1.54) is 18.4 Å². The van der Waals surface area contributed by atoms with Crippen molar-refractivity contribution in [2.75, 3.05) is 6.54 Å². The number of hydrogen-bond acceptors (Lipinski definition) is 2. The maximum absolute atomic E-state index is 12.5. The van der Waals surface area contributed by atoms with E-state index in [2.05, 4.69) is 39.1 Å². The first-order valence-corrected chi connectivity index (χ1v) is 8.95. The summed E-state index contributed by atoms with van der Waals surface area (Å²) in [7, 11) is 0. The van der Waals surface area contributed by atoms with Gasteiger partial charge in [-0.3, -0.25) is 4.79 Å². The van der Waals surface area contributed by atoms with E-state index in [1.807, 2.05) is 19.1 Å². The molecule has 0 heterocycles. The van der Waals surface area contributed by atoms with Crippen molar-refractivity contribution in [3.05, 3.63) is 29.3 Å². The Bertz CT molecular complexity index is 483. The van der Waals surface area contributed by atoms with Crippen molar-refractivity contribution in [2.24, 2.45) is 5.92 Å². The fraction of sp³-hybridized carbons (Fsp3) is 0.650. The zero-order chi connectivity index (χ0) is 17.2. The third-order valence-corrected chi connectivity index (χ3v) is 3.90. The highest BCUT2D eigenvalue weighted by Crippen LogP contribution is 2.22. The Balaban J connectivity index is 2.70. The van der Waals surface area contributed by atoms with E-state index in [9.17, 15) is 4.79 Å². The van der Waals surface area contributed by atoms with Crippen LogP contribution in [0.1, 0.15) is 64.0 Å². The largest absolute Gasteiger partial charge is 0.480 e. The van der Waals surface area contributed by atoms with Crippen LogP contribution in [0.25, 0.3) is 0 Å². The van der Waals surface area contributed by atoms with Crippen LogP contribution in [-0.2, 0) is 4.79 Å². The number of amides is 1. The van der Waals surface area contributed by atoms with Gasteiger partial charge in [0.15, 0.2) is 6.10 Å². The Kier molecular flexibility index (Phi) is 8.75. The SMILES string of the molecule is CCCCCCC(Oc1ccc(C)cc1C)C(=O)NCC(C)C. The Morgan fingerprint density at radius 2 is 1.91 bits per heavy atom. The molecule has 1 aromatic rings. The van der Waals surface area contributed by atoms with Gasteiger partial charge in [0.1, 0.15) is 5.75 Å². The summed E-state index contributed by atoms with van der Waals surface area (Å²) in [5.41, 5.74) is 2.29. The third-order valence-electron chi connectivity index (χ3n) is 3.90. The number of aryl methyl sites for hydroxylation is 2. The Labute approximate surface area is 141 Å². The van der Waals surface area contributed by atoms with Gasteiger partial charge in [-0.05, 0) is 44.2 Å². The molecule has 23 heavy (non-hydrogen) atoms. The van der Waals surface area contributed by atoms with Crippen molar-refractivity contribution in [3.8, 4) is 5.75 Å². The van der Waals surface area contributed by atoms with E-state index < -0.39 is 6.10 Å². The van der Waals surface area contributed by atoms with Gasteiger partial charge in [-0.2, -0.15) is 0 Å². The minimum Gasteiger partial charge on any atom is -0.480 e. The summed E-state index contributed by atoms with van der Waals surface area (Å²) in [6.07, 6.45) is 4.97. The van der Waals surface area contributed by atoms with Gasteiger partial charge < -0.3 is 10.1 Å². The minimum atomic E-state index is -0.396. The van der Waals surface area contributed by atoms with Crippen molar-refractivity contribution >= 4 is 5.91 Å². The molecule has 1 atom stereocenters. The van der Waals surface area contributed by atoms with Gasteiger partial charge in [0.25, 0.3) is 5.91 Å². The van der Waals surface area contributed by atoms with Crippen molar-refractivity contribution in [1.82, 2.24) is 5.32 Å². The lowest BCUT2D eigenvalue weighted by Crippen LogP contribution is -2.40. The highest BCUT2D eigenvalue weighted by atomic mass is 16.5. The van der Waals surface area contributed by atoms with Gasteiger partial charge in [-0.25, -0.2) is 0 Å². The van der Waals surface area contributed by atoms with Gasteiger partial charge in [0.2, 0.25) is 0 Å². The molecule has 0 aliphatic heterocycles. The van der Waals surface area contributed by atoms with E-state index in [4.69, 9.17) is 4.74 Å². The van der Waals surface area contributed by atoms with E-state index in [0.717, 1.165) is 30.6 Å². The maximum atomic E-state index is 12.5. The second kappa shape index (κ2) is 10.3. The minimum absolute atomic E-state index is 0.00942. The van der Waals surface area contributed by atoms with Gasteiger partial charge in [-0.1, -0.05) is 57.7 Å². The number of unbranched alkanes of at least 4 members (excludes halogenated alkanes) is 3. The number of carbonyl (C=O) groups excluding carboxylic acids is 1. The van der Waals surface area contributed by atoms with Gasteiger partial charge in [0.05, 0.1) is 0 Å². The second-order valence-electron chi connectivity index (χ2n) is 6.86. The average Bonchev–Trinajstić information content (AvgIpc) is 2.50. The monoisotopic (exact) mass is 319 g/mol. The fourth-order valence-electron chi connectivity index (χ4n) is 2.50. The first-order chi connectivity index (χ1) is 10.9. The van der Waals surface area contributed by atoms with Crippen LogP contribution < -0.4 is 10.1 Å². The van der Waals surface area contributed by atoms with E-state index in [0.29, 0.717) is 12.5 Å². The summed E-state index contributed by atoms with van der Waals surface area (Å²) in [5.74, 6) is 1.27. The molecule has 0 fully saturated rings. The molecule has 0 spiro atoms. The van der Waals surface area contributed by atoms with Crippen molar-refractivity contribution < 1.29 is 9.53 Å². The number of carbonyl (C=O) groups is 1. The van der Waals surface area contributed by atoms with Crippen LogP contribution in [-0.4, -0.2) is 18.6 Å². The standard InChI is InChI=1S/C20H33NO2/c1-6-7-8-9-10-19(20(22)21-14-15(2)3)23-18-12-11-16(4)13-17(18)5/h11-13,15,19H,6-10,14H2,1-5H3,(H,21,22). The number of hydrogen-bond donors (Lipinski definition) is 1. The van der Waals surface area contributed by atoms with E-state index in [-0.39, 0.29) is 5.91 Å². The highest BCUT2D eigenvalue weighted by molar-refractivity contribution is 5.81. The summed E-state index contributed by atoms with van der Waals surface area (Å²) in [6, 6.07) is 6.09. The van der Waals surface area contributed by atoms with Crippen LogP contribution in [0.4, 0.5) is 0 Å². The summed E-state index contributed by atoms with van der Waals surface area (Å²) < 4.78 is 6.06. The molecule has 3 nitrogen and oxygen atoms in total. The van der Waals surface area contributed by atoms with Gasteiger partial charge >= 0.3 is 0 Å². The fourth-order valence-corrected chi connectivity index (χ4v) is 2.50. The third kappa shape index (κ3) is 7.54. The quantitative estimate of drug-likeness (QED) is 0.629. The predicted octanol–water partition coefficient (Wildman–Crippen LogP) is 4.79. The van der Waals surface area contributed by atoms with Crippen molar-refractivity contribution in [2.45, 2.75) is 72.8 Å². The van der Waals surface area contributed by atoms with Crippen LogP contribution >= 0.6 is 0 Å². The summed E-state index contributed by atoms with van der Waals surface area (Å²) in [4.78, 5) is 12.5. The normalized spacial score (nSPS) is 12.3. The first kappa shape index (κ1) is 19.5. The van der Waals surface area contributed by atoms with Gasteiger partial charge in [0, 0.05) is 6.54 Å². The molecule has 0 aliphatic rings. The van der Waals surface area contributed by atoms with Crippen LogP contribution in [0.3, 0.4) is 0 Å². The predicted molar refractivity (Wildman–Crippen MR) is 96.9 cm³/mol. The molecule has 0 saturated carbocycles. The number of ether oxygens (including phenoxy) is 1. The topological polar surface area (TPSA) is 38.3 Å². The lowest BCUT2D eigenvalue weighted by molar-refractivity contribution is -0.128. The van der Waals surface area contributed by atoms with Crippen LogP contribution in [0.5, 0.6) is 5.75 Å². The molecule has 1 aromatic carbocycles. The molecule has 3 heteroatoms. The molecule has 0 saturated heterocycles. The molecule has 1 N–H and O–H groups in total. The van der Waals surface area contributed by atoms with Gasteiger partial charge in [-0.15, -0.1) is 0 Å². The molecular formula is C20H33NO2. The lowest BCUT2D eigenvalue weighted by atomic mass is 10.1. The van der Waals surface area contributed by atoms with E-state index >= 15 is 0 Å². The zero-order valence-electron chi connectivity index (χ0n) is 15.4. The van der Waals surface area contributed by atoms with Crippen LogP contribution in [0, 0.1) is 19.8 Å². The van der Waals surface area contributed by atoms with E-state index in [1.54, 1.807) is 0 Å². The van der Waals surface area contributed by atoms with Crippen LogP contribution in [0.15, 0.2) is 18.2 Å². The molecule has 0 aromatic heterocycles. The zero-order valence-corrected chi connectivity index (χ0v) is 15.4. The van der Waals surface area contributed by atoms with Crippen LogP contribution in [0.2, 0.25) is 0 Å². The molecule has 1 amide bonds. The summed E-state index contributed by atoms with van der Waals surface area (Å²) >= 11 is 0. The number of benzene rings is 1. The Hall–Kier alpha value is -1.51. The smallest absolute Gasteiger partial charge is 0.261 e. The molecule has 130 valence electrons.